The molecule has 0 bridgehead atoms. The minimum absolute atomic E-state index is 0.126. The highest BCUT2D eigenvalue weighted by molar-refractivity contribution is 5.94. The molecule has 0 unspecified atom stereocenters. The molecule has 4 rings (SSSR count). The molecule has 0 spiro atoms. The van der Waals surface area contributed by atoms with Gasteiger partial charge in [-0.15, -0.1) is 0 Å². The Morgan fingerprint density at radius 1 is 1.04 bits per heavy atom. The summed E-state index contributed by atoms with van der Waals surface area (Å²) in [4.78, 5) is 18.8. The van der Waals surface area contributed by atoms with Crippen molar-refractivity contribution in [2.75, 3.05) is 26.2 Å². The Labute approximate surface area is 148 Å². The zero-order valence-electron chi connectivity index (χ0n) is 14.2. The van der Waals surface area contributed by atoms with Crippen molar-refractivity contribution < 1.29 is 9.53 Å². The molecule has 25 heavy (non-hydrogen) atoms. The first kappa shape index (κ1) is 16.1. The second-order valence-corrected chi connectivity index (χ2v) is 6.86. The summed E-state index contributed by atoms with van der Waals surface area (Å²) >= 11 is 0. The highest BCUT2D eigenvalue weighted by Gasteiger charge is 2.31. The molecule has 5 nitrogen and oxygen atoms in total. The van der Waals surface area contributed by atoms with Gasteiger partial charge >= 0.3 is 0 Å². The fraction of sp³-hybridized carbons (Fsp3) is 0.400. The van der Waals surface area contributed by atoms with Gasteiger partial charge < -0.3 is 15.0 Å². The monoisotopic (exact) mass is 337 g/mol. The van der Waals surface area contributed by atoms with E-state index in [1.807, 2.05) is 41.3 Å². The van der Waals surface area contributed by atoms with E-state index in [-0.39, 0.29) is 5.91 Å². The zero-order chi connectivity index (χ0) is 17.1. The molecule has 0 saturated carbocycles. The molecular formula is C20H23N3O2. The number of carbonyl (C=O) groups is 1. The number of nitrogens with one attached hydrogen (secondary N) is 1. The third kappa shape index (κ3) is 3.66. The lowest BCUT2D eigenvalue weighted by Gasteiger charge is -2.21. The normalized spacial score (nSPS) is 23.0. The van der Waals surface area contributed by atoms with Crippen molar-refractivity contribution >= 4 is 5.91 Å². The van der Waals surface area contributed by atoms with Crippen LogP contribution < -0.4 is 10.1 Å². The Hall–Kier alpha value is -2.40. The summed E-state index contributed by atoms with van der Waals surface area (Å²) in [6, 6.07) is 11.1. The van der Waals surface area contributed by atoms with Gasteiger partial charge in [0.2, 0.25) is 0 Å². The zero-order valence-corrected chi connectivity index (χ0v) is 14.2. The third-order valence-electron chi connectivity index (χ3n) is 5.28. The average Bonchev–Trinajstić information content (AvgIpc) is 3.01. The van der Waals surface area contributed by atoms with E-state index in [0.717, 1.165) is 56.4 Å². The lowest BCUT2D eigenvalue weighted by molar-refractivity contribution is 0.0758. The lowest BCUT2D eigenvalue weighted by atomic mass is 9.92. The Bertz CT molecular complexity index is 703. The molecule has 1 amide bonds. The van der Waals surface area contributed by atoms with Crippen molar-refractivity contribution in [3.63, 3.8) is 0 Å². The second-order valence-electron chi connectivity index (χ2n) is 6.86. The van der Waals surface area contributed by atoms with E-state index < -0.39 is 0 Å². The third-order valence-corrected chi connectivity index (χ3v) is 5.28. The summed E-state index contributed by atoms with van der Waals surface area (Å²) < 4.78 is 5.73. The van der Waals surface area contributed by atoms with Crippen LogP contribution in [0.25, 0.3) is 0 Å². The van der Waals surface area contributed by atoms with E-state index >= 15 is 0 Å². The molecule has 3 heterocycles. The number of amides is 1. The fourth-order valence-electron chi connectivity index (χ4n) is 3.81. The molecule has 1 aromatic heterocycles. The van der Waals surface area contributed by atoms with Crippen LogP contribution in [0.15, 0.2) is 48.8 Å². The van der Waals surface area contributed by atoms with Gasteiger partial charge in [-0.05, 0) is 74.2 Å². The molecule has 2 aromatic rings. The number of likely N-dealkylation sites (tertiary alicyclic amines) is 1. The van der Waals surface area contributed by atoms with Gasteiger partial charge in [0.15, 0.2) is 0 Å². The standard InChI is InChI=1S/C20H23N3O2/c24-20(23-10-7-16-12-22-13-17(16)8-11-23)15-3-5-18(6-4-15)25-19-2-1-9-21-14-19/h1-6,9,14,16-17,22H,7-8,10-13H2/t16-,17+. The van der Waals surface area contributed by atoms with Crippen molar-refractivity contribution in [2.24, 2.45) is 11.8 Å². The van der Waals surface area contributed by atoms with E-state index in [4.69, 9.17) is 4.74 Å². The number of aromatic nitrogens is 1. The lowest BCUT2D eigenvalue weighted by Crippen LogP contribution is -2.32. The number of pyridine rings is 1. The van der Waals surface area contributed by atoms with Crippen LogP contribution in [0.5, 0.6) is 11.5 Å². The largest absolute Gasteiger partial charge is 0.456 e. The van der Waals surface area contributed by atoms with E-state index in [0.29, 0.717) is 11.5 Å². The van der Waals surface area contributed by atoms with Gasteiger partial charge in [-0.25, -0.2) is 0 Å². The van der Waals surface area contributed by atoms with Crippen LogP contribution in [0.3, 0.4) is 0 Å². The van der Waals surface area contributed by atoms with Crippen LogP contribution in [0.4, 0.5) is 0 Å². The van der Waals surface area contributed by atoms with Crippen molar-refractivity contribution in [3.05, 3.63) is 54.4 Å². The number of fused-ring (bicyclic) bond motifs is 1. The highest BCUT2D eigenvalue weighted by Crippen LogP contribution is 2.28. The maximum atomic E-state index is 12.8. The van der Waals surface area contributed by atoms with Crippen molar-refractivity contribution in [1.29, 1.82) is 0 Å². The van der Waals surface area contributed by atoms with Gasteiger partial charge in [0.05, 0.1) is 6.20 Å². The molecule has 130 valence electrons. The van der Waals surface area contributed by atoms with E-state index in [1.54, 1.807) is 12.4 Å². The highest BCUT2D eigenvalue weighted by atomic mass is 16.5. The minimum atomic E-state index is 0.126. The molecule has 2 saturated heterocycles. The van der Waals surface area contributed by atoms with Crippen molar-refractivity contribution in [3.8, 4) is 11.5 Å². The van der Waals surface area contributed by atoms with Crippen LogP contribution in [-0.2, 0) is 0 Å². The molecule has 1 N–H and O–H groups in total. The van der Waals surface area contributed by atoms with Crippen molar-refractivity contribution in [1.82, 2.24) is 15.2 Å². The van der Waals surface area contributed by atoms with Crippen LogP contribution in [0.2, 0.25) is 0 Å². The summed E-state index contributed by atoms with van der Waals surface area (Å²) in [7, 11) is 0. The summed E-state index contributed by atoms with van der Waals surface area (Å²) in [5.74, 6) is 2.98. The number of hydrogen-bond donors (Lipinski definition) is 1. The summed E-state index contributed by atoms with van der Waals surface area (Å²) in [6.45, 7) is 3.92. The topological polar surface area (TPSA) is 54.5 Å². The quantitative estimate of drug-likeness (QED) is 0.936. The molecule has 1 aromatic carbocycles. The number of benzene rings is 1. The Balaban J connectivity index is 1.40. The van der Waals surface area contributed by atoms with Gasteiger partial charge in [0, 0.05) is 24.8 Å². The summed E-state index contributed by atoms with van der Waals surface area (Å²) in [5, 5.41) is 3.47. The minimum Gasteiger partial charge on any atom is -0.456 e. The molecule has 2 aliphatic heterocycles. The first-order chi connectivity index (χ1) is 12.3. The number of carbonyl (C=O) groups excluding carboxylic acids is 1. The van der Waals surface area contributed by atoms with Crippen LogP contribution >= 0.6 is 0 Å². The first-order valence-electron chi connectivity index (χ1n) is 8.97. The fourth-order valence-corrected chi connectivity index (χ4v) is 3.81. The van der Waals surface area contributed by atoms with Gasteiger partial charge in [-0.2, -0.15) is 0 Å². The maximum Gasteiger partial charge on any atom is 0.253 e. The SMILES string of the molecule is O=C(c1ccc(Oc2cccnc2)cc1)N1CC[C@@H]2CNC[C@@H]2CC1. The Kier molecular flexibility index (Phi) is 4.65. The number of hydrogen-bond acceptors (Lipinski definition) is 4. The van der Waals surface area contributed by atoms with Gasteiger partial charge in [0.1, 0.15) is 11.5 Å². The number of rotatable bonds is 3. The maximum absolute atomic E-state index is 12.8. The van der Waals surface area contributed by atoms with Crippen LogP contribution in [0.1, 0.15) is 23.2 Å². The molecule has 0 radical (unpaired) electrons. The molecule has 2 fully saturated rings. The predicted molar refractivity (Wildman–Crippen MR) is 95.7 cm³/mol. The van der Waals surface area contributed by atoms with Crippen LogP contribution in [0, 0.1) is 11.8 Å². The smallest absolute Gasteiger partial charge is 0.253 e. The molecule has 2 atom stereocenters. The Morgan fingerprint density at radius 3 is 2.40 bits per heavy atom. The first-order valence-corrected chi connectivity index (χ1v) is 8.97. The number of ether oxygens (including phenoxy) is 1. The molecule has 5 heteroatoms. The van der Waals surface area contributed by atoms with Crippen molar-refractivity contribution in [2.45, 2.75) is 12.8 Å². The van der Waals surface area contributed by atoms with Gasteiger partial charge in [-0.1, -0.05) is 0 Å². The summed E-state index contributed by atoms with van der Waals surface area (Å²) in [5.41, 5.74) is 0.726. The molecule has 0 aliphatic carbocycles. The summed E-state index contributed by atoms with van der Waals surface area (Å²) in [6.07, 6.45) is 5.58. The van der Waals surface area contributed by atoms with Gasteiger partial charge in [0.25, 0.3) is 5.91 Å². The Morgan fingerprint density at radius 2 is 1.76 bits per heavy atom. The number of nitrogens with zero attached hydrogens (tertiary/aromatic N) is 2. The molecule has 2 aliphatic rings. The van der Waals surface area contributed by atoms with Gasteiger partial charge in [-0.3, -0.25) is 9.78 Å². The van der Waals surface area contributed by atoms with E-state index in [9.17, 15) is 4.79 Å². The van der Waals surface area contributed by atoms with E-state index in [1.165, 1.54) is 0 Å². The average molecular weight is 337 g/mol. The van der Waals surface area contributed by atoms with E-state index in [2.05, 4.69) is 10.3 Å². The second kappa shape index (κ2) is 7.23. The molecular weight excluding hydrogens is 314 g/mol. The van der Waals surface area contributed by atoms with Crippen LogP contribution in [-0.4, -0.2) is 42.0 Å². The predicted octanol–water partition coefficient (Wildman–Crippen LogP) is 2.95.